The molecule has 2 aromatic carbocycles. The minimum atomic E-state index is -0.945. The average molecular weight is 387 g/mol. The highest BCUT2D eigenvalue weighted by molar-refractivity contribution is 6.01. The number of carbonyl (C=O) groups excluding carboxylic acids is 4. The second-order valence-corrected chi connectivity index (χ2v) is 5.70. The van der Waals surface area contributed by atoms with Crippen LogP contribution >= 0.6 is 0 Å². The molecule has 0 fully saturated rings. The first-order valence-corrected chi connectivity index (χ1v) is 8.21. The van der Waals surface area contributed by atoms with E-state index in [0.29, 0.717) is 11.3 Å². The molecule has 0 atom stereocenters. The van der Waals surface area contributed by atoms with Crippen molar-refractivity contribution >= 4 is 35.2 Å². The standard InChI is InChI=1S/C19H18FN3O5/c1-12(24)21-14-8-6-13(7-9-14)10-18(26)28-11-17(25)23-19(27)22-16-5-3-2-4-15(16)20/h2-9H,10-11H2,1H3,(H,21,24)(H2,22,23,25,27). The summed E-state index contributed by atoms with van der Waals surface area (Å²) in [6.45, 7) is 0.723. The summed E-state index contributed by atoms with van der Waals surface area (Å²) in [5.41, 5.74) is 1.12. The normalized spacial score (nSPS) is 9.93. The first-order valence-electron chi connectivity index (χ1n) is 8.21. The van der Waals surface area contributed by atoms with Crippen LogP contribution < -0.4 is 16.0 Å². The maximum Gasteiger partial charge on any atom is 0.326 e. The van der Waals surface area contributed by atoms with E-state index in [0.717, 1.165) is 6.07 Å². The molecule has 9 heteroatoms. The van der Waals surface area contributed by atoms with Crippen molar-refractivity contribution in [2.45, 2.75) is 13.3 Å². The number of anilines is 2. The van der Waals surface area contributed by atoms with Gasteiger partial charge < -0.3 is 15.4 Å². The molecule has 2 rings (SSSR count). The zero-order chi connectivity index (χ0) is 20.5. The van der Waals surface area contributed by atoms with Crippen LogP contribution in [0, 0.1) is 5.82 Å². The third-order valence-electron chi connectivity index (χ3n) is 3.36. The summed E-state index contributed by atoms with van der Waals surface area (Å²) < 4.78 is 18.2. The summed E-state index contributed by atoms with van der Waals surface area (Å²) in [7, 11) is 0. The number of imide groups is 1. The van der Waals surface area contributed by atoms with Gasteiger partial charge in [-0.05, 0) is 29.8 Å². The fourth-order valence-electron chi connectivity index (χ4n) is 2.15. The number of amides is 4. The molecule has 0 aliphatic heterocycles. The first-order chi connectivity index (χ1) is 13.3. The Morgan fingerprint density at radius 1 is 0.964 bits per heavy atom. The molecule has 4 amide bonds. The molecule has 0 heterocycles. The number of esters is 1. The molecule has 0 aromatic heterocycles. The van der Waals surface area contributed by atoms with Crippen molar-refractivity contribution in [1.82, 2.24) is 5.32 Å². The van der Waals surface area contributed by atoms with Gasteiger partial charge in [0.1, 0.15) is 5.82 Å². The van der Waals surface area contributed by atoms with Crippen LogP contribution in [0.25, 0.3) is 0 Å². The van der Waals surface area contributed by atoms with Gasteiger partial charge in [-0.3, -0.25) is 19.7 Å². The third kappa shape index (κ3) is 6.87. The van der Waals surface area contributed by atoms with E-state index in [1.54, 1.807) is 24.3 Å². The lowest BCUT2D eigenvalue weighted by Gasteiger charge is -2.08. The monoisotopic (exact) mass is 387 g/mol. The molecule has 0 spiro atoms. The summed E-state index contributed by atoms with van der Waals surface area (Å²) in [6.07, 6.45) is -0.0882. The van der Waals surface area contributed by atoms with Crippen molar-refractivity contribution < 1.29 is 28.3 Å². The molecular formula is C19H18FN3O5. The number of para-hydroxylation sites is 1. The number of urea groups is 1. The highest BCUT2D eigenvalue weighted by Crippen LogP contribution is 2.12. The Morgan fingerprint density at radius 3 is 2.29 bits per heavy atom. The van der Waals surface area contributed by atoms with Gasteiger partial charge in [0.25, 0.3) is 5.91 Å². The van der Waals surface area contributed by atoms with Gasteiger partial charge in [0.2, 0.25) is 5.91 Å². The molecule has 28 heavy (non-hydrogen) atoms. The van der Waals surface area contributed by atoms with Crippen LogP contribution in [0.2, 0.25) is 0 Å². The van der Waals surface area contributed by atoms with Crippen LogP contribution in [0.15, 0.2) is 48.5 Å². The minimum Gasteiger partial charge on any atom is -0.455 e. The van der Waals surface area contributed by atoms with E-state index in [4.69, 9.17) is 4.74 Å². The van der Waals surface area contributed by atoms with Crippen molar-refractivity contribution in [2.75, 3.05) is 17.2 Å². The number of nitrogens with one attached hydrogen (secondary N) is 3. The Kier molecular flexibility index (Phi) is 7.21. The number of ether oxygens (including phenoxy) is 1. The predicted molar refractivity (Wildman–Crippen MR) is 99.0 cm³/mol. The Labute approximate surface area is 160 Å². The maximum absolute atomic E-state index is 13.4. The molecular weight excluding hydrogens is 369 g/mol. The van der Waals surface area contributed by atoms with E-state index >= 15 is 0 Å². The van der Waals surface area contributed by atoms with E-state index in [9.17, 15) is 23.6 Å². The molecule has 0 radical (unpaired) electrons. The zero-order valence-corrected chi connectivity index (χ0v) is 15.0. The van der Waals surface area contributed by atoms with Crippen LogP contribution in [0.3, 0.4) is 0 Å². The Balaban J connectivity index is 1.74. The van der Waals surface area contributed by atoms with Gasteiger partial charge >= 0.3 is 12.0 Å². The van der Waals surface area contributed by atoms with Gasteiger partial charge in [0.05, 0.1) is 12.1 Å². The average Bonchev–Trinajstić information content (AvgIpc) is 2.63. The topological polar surface area (TPSA) is 114 Å². The van der Waals surface area contributed by atoms with Crippen molar-refractivity contribution in [1.29, 1.82) is 0 Å². The highest BCUT2D eigenvalue weighted by atomic mass is 19.1. The maximum atomic E-state index is 13.4. The van der Waals surface area contributed by atoms with Gasteiger partial charge in [0.15, 0.2) is 6.61 Å². The lowest BCUT2D eigenvalue weighted by atomic mass is 10.1. The van der Waals surface area contributed by atoms with Gasteiger partial charge in [0, 0.05) is 12.6 Å². The van der Waals surface area contributed by atoms with Crippen molar-refractivity contribution in [2.24, 2.45) is 0 Å². The quantitative estimate of drug-likeness (QED) is 0.658. The van der Waals surface area contributed by atoms with Crippen LogP contribution in [0.5, 0.6) is 0 Å². The molecule has 0 aliphatic carbocycles. The molecule has 146 valence electrons. The Hall–Kier alpha value is -3.75. The summed E-state index contributed by atoms with van der Waals surface area (Å²) in [6, 6.07) is 11.0. The van der Waals surface area contributed by atoms with Crippen molar-refractivity contribution in [3.05, 3.63) is 59.9 Å². The number of hydrogen-bond acceptors (Lipinski definition) is 5. The first kappa shape index (κ1) is 20.6. The Morgan fingerprint density at radius 2 is 1.64 bits per heavy atom. The van der Waals surface area contributed by atoms with Gasteiger partial charge in [-0.2, -0.15) is 0 Å². The summed E-state index contributed by atoms with van der Waals surface area (Å²) in [5, 5.41) is 6.69. The van der Waals surface area contributed by atoms with E-state index < -0.39 is 30.3 Å². The summed E-state index contributed by atoms with van der Waals surface area (Å²) >= 11 is 0. The second-order valence-electron chi connectivity index (χ2n) is 5.70. The highest BCUT2D eigenvalue weighted by Gasteiger charge is 2.13. The predicted octanol–water partition coefficient (Wildman–Crippen LogP) is 2.22. The number of halogens is 1. The van der Waals surface area contributed by atoms with Gasteiger partial charge in [-0.15, -0.1) is 0 Å². The zero-order valence-electron chi connectivity index (χ0n) is 15.0. The third-order valence-corrected chi connectivity index (χ3v) is 3.36. The number of rotatable bonds is 6. The molecule has 0 aliphatic rings. The van der Waals surface area contributed by atoms with Crippen LogP contribution in [-0.4, -0.2) is 30.4 Å². The molecule has 0 saturated heterocycles. The number of benzene rings is 2. The Bertz CT molecular complexity index is 883. The second kappa shape index (κ2) is 9.81. The van der Waals surface area contributed by atoms with E-state index in [2.05, 4.69) is 10.6 Å². The largest absolute Gasteiger partial charge is 0.455 e. The molecule has 0 bridgehead atoms. The number of hydrogen-bond donors (Lipinski definition) is 3. The van der Waals surface area contributed by atoms with Crippen molar-refractivity contribution in [3.8, 4) is 0 Å². The van der Waals surface area contributed by atoms with E-state index in [-0.39, 0.29) is 18.0 Å². The fraction of sp³-hybridized carbons (Fsp3) is 0.158. The molecule has 8 nitrogen and oxygen atoms in total. The minimum absolute atomic E-state index is 0.0882. The van der Waals surface area contributed by atoms with Crippen molar-refractivity contribution in [3.63, 3.8) is 0 Å². The van der Waals surface area contributed by atoms with Gasteiger partial charge in [-0.1, -0.05) is 24.3 Å². The van der Waals surface area contributed by atoms with Crippen LogP contribution in [-0.2, 0) is 25.5 Å². The molecule has 2 aromatic rings. The lowest BCUT2D eigenvalue weighted by Crippen LogP contribution is -2.37. The van der Waals surface area contributed by atoms with Crippen LogP contribution in [0.4, 0.5) is 20.6 Å². The van der Waals surface area contributed by atoms with Crippen LogP contribution in [0.1, 0.15) is 12.5 Å². The lowest BCUT2D eigenvalue weighted by molar-refractivity contribution is -0.147. The SMILES string of the molecule is CC(=O)Nc1ccc(CC(=O)OCC(=O)NC(=O)Nc2ccccc2F)cc1. The fourth-order valence-corrected chi connectivity index (χ4v) is 2.15. The molecule has 0 saturated carbocycles. The molecule has 3 N–H and O–H groups in total. The smallest absolute Gasteiger partial charge is 0.326 e. The summed E-state index contributed by atoms with van der Waals surface area (Å²) in [5.74, 6) is -2.39. The van der Waals surface area contributed by atoms with E-state index in [1.165, 1.54) is 25.1 Å². The summed E-state index contributed by atoms with van der Waals surface area (Å²) in [4.78, 5) is 46.0. The van der Waals surface area contributed by atoms with Gasteiger partial charge in [-0.25, -0.2) is 9.18 Å². The molecule has 0 unspecified atom stereocenters. The van der Waals surface area contributed by atoms with E-state index in [1.807, 2.05) is 5.32 Å². The number of carbonyl (C=O) groups is 4.